The first-order valence-electron chi connectivity index (χ1n) is 7.95. The molecule has 0 radical (unpaired) electrons. The van der Waals surface area contributed by atoms with Crippen molar-refractivity contribution >= 4 is 23.6 Å². The molecule has 1 aromatic heterocycles. The van der Waals surface area contributed by atoms with Crippen molar-refractivity contribution in [2.45, 2.75) is 19.4 Å². The average molecular weight is 337 g/mol. The lowest BCUT2D eigenvalue weighted by molar-refractivity contribution is -0.129. The van der Waals surface area contributed by atoms with E-state index in [-0.39, 0.29) is 24.3 Å². The fraction of sp³-hybridized carbons (Fsp3) is 0.211. The second kappa shape index (κ2) is 7.17. The summed E-state index contributed by atoms with van der Waals surface area (Å²) in [5.41, 5.74) is 2.47. The molecular weight excluding hydrogens is 318 g/mol. The first-order valence-corrected chi connectivity index (χ1v) is 7.95. The van der Waals surface area contributed by atoms with Crippen molar-refractivity contribution in [1.29, 1.82) is 0 Å². The largest absolute Gasteiger partial charge is 0.480 e. The van der Waals surface area contributed by atoms with Gasteiger partial charge in [-0.05, 0) is 29.3 Å². The van der Waals surface area contributed by atoms with Crippen molar-refractivity contribution in [3.63, 3.8) is 0 Å². The summed E-state index contributed by atoms with van der Waals surface area (Å²) in [6, 6.07) is 10.9. The topological polar surface area (TPSA) is 71.5 Å². The first-order chi connectivity index (χ1) is 12.1. The standard InChI is InChI=1S/C19H19N3O3/c1-13(23)22-11-9-14-6-3-4-7-15(14)17(22)12-18(24)21-16-8-5-10-20-19(16)25-2/h3-11,17H,12H2,1-2H3,(H,21,24). The van der Waals surface area contributed by atoms with Gasteiger partial charge in [0.25, 0.3) is 0 Å². The highest BCUT2D eigenvalue weighted by molar-refractivity contribution is 5.93. The lowest BCUT2D eigenvalue weighted by Gasteiger charge is -2.32. The molecule has 1 aromatic carbocycles. The van der Waals surface area contributed by atoms with Crippen molar-refractivity contribution < 1.29 is 14.3 Å². The fourth-order valence-corrected chi connectivity index (χ4v) is 2.94. The van der Waals surface area contributed by atoms with Crippen LogP contribution in [0.5, 0.6) is 5.88 Å². The van der Waals surface area contributed by atoms with Crippen LogP contribution in [0.15, 0.2) is 48.8 Å². The summed E-state index contributed by atoms with van der Waals surface area (Å²) in [6.45, 7) is 1.49. The summed E-state index contributed by atoms with van der Waals surface area (Å²) in [5.74, 6) is 0.0263. The molecule has 2 aromatic rings. The van der Waals surface area contributed by atoms with Crippen molar-refractivity contribution in [2.24, 2.45) is 0 Å². The molecule has 128 valence electrons. The second-order valence-electron chi connectivity index (χ2n) is 5.70. The summed E-state index contributed by atoms with van der Waals surface area (Å²) >= 11 is 0. The average Bonchev–Trinajstić information content (AvgIpc) is 2.62. The van der Waals surface area contributed by atoms with Crippen LogP contribution in [0.25, 0.3) is 6.08 Å². The highest BCUT2D eigenvalue weighted by Gasteiger charge is 2.28. The van der Waals surface area contributed by atoms with Gasteiger partial charge in [-0.15, -0.1) is 0 Å². The van der Waals surface area contributed by atoms with Crippen LogP contribution in [0.3, 0.4) is 0 Å². The Morgan fingerprint density at radius 2 is 2.04 bits per heavy atom. The SMILES string of the molecule is COc1ncccc1NC(=O)CC1c2ccccc2C=CN1C(C)=O. The van der Waals surface area contributed by atoms with E-state index in [2.05, 4.69) is 10.3 Å². The Hall–Kier alpha value is -3.15. The van der Waals surface area contributed by atoms with Gasteiger partial charge >= 0.3 is 0 Å². The zero-order valence-electron chi connectivity index (χ0n) is 14.1. The van der Waals surface area contributed by atoms with Crippen LogP contribution in [-0.4, -0.2) is 28.8 Å². The first kappa shape index (κ1) is 16.7. The van der Waals surface area contributed by atoms with Gasteiger partial charge in [0, 0.05) is 19.3 Å². The highest BCUT2D eigenvalue weighted by Crippen LogP contribution is 2.33. The van der Waals surface area contributed by atoms with Crippen LogP contribution in [0.2, 0.25) is 0 Å². The second-order valence-corrected chi connectivity index (χ2v) is 5.70. The molecule has 0 aliphatic carbocycles. The van der Waals surface area contributed by atoms with E-state index >= 15 is 0 Å². The Morgan fingerprint density at radius 3 is 2.80 bits per heavy atom. The molecule has 0 fully saturated rings. The van der Waals surface area contributed by atoms with Gasteiger partial charge in [0.2, 0.25) is 17.7 Å². The maximum Gasteiger partial charge on any atom is 0.237 e. The van der Waals surface area contributed by atoms with E-state index in [9.17, 15) is 9.59 Å². The molecule has 1 aliphatic heterocycles. The molecule has 1 N–H and O–H groups in total. The predicted octanol–water partition coefficient (Wildman–Crippen LogP) is 2.99. The van der Waals surface area contributed by atoms with Crippen LogP contribution in [0, 0.1) is 0 Å². The quantitative estimate of drug-likeness (QED) is 0.931. The lowest BCUT2D eigenvalue weighted by Crippen LogP contribution is -2.33. The molecule has 6 nitrogen and oxygen atoms in total. The number of anilines is 1. The summed E-state index contributed by atoms with van der Waals surface area (Å²) in [7, 11) is 1.50. The van der Waals surface area contributed by atoms with Crippen LogP contribution >= 0.6 is 0 Å². The smallest absolute Gasteiger partial charge is 0.237 e. The Balaban J connectivity index is 1.83. The molecule has 0 saturated heterocycles. The molecule has 1 atom stereocenters. The van der Waals surface area contributed by atoms with Gasteiger partial charge in [-0.3, -0.25) is 9.59 Å². The van der Waals surface area contributed by atoms with E-state index < -0.39 is 0 Å². The number of aromatic nitrogens is 1. The van der Waals surface area contributed by atoms with E-state index in [1.54, 1.807) is 29.4 Å². The van der Waals surface area contributed by atoms with Crippen LogP contribution < -0.4 is 10.1 Å². The Bertz CT molecular complexity index is 832. The number of methoxy groups -OCH3 is 1. The number of hydrogen-bond donors (Lipinski definition) is 1. The maximum absolute atomic E-state index is 12.6. The lowest BCUT2D eigenvalue weighted by atomic mass is 9.93. The number of amides is 2. The predicted molar refractivity (Wildman–Crippen MR) is 94.8 cm³/mol. The van der Waals surface area contributed by atoms with Crippen molar-refractivity contribution in [2.75, 3.05) is 12.4 Å². The minimum Gasteiger partial charge on any atom is -0.480 e. The number of hydrogen-bond acceptors (Lipinski definition) is 4. The van der Waals surface area contributed by atoms with Crippen molar-refractivity contribution in [1.82, 2.24) is 9.88 Å². The highest BCUT2D eigenvalue weighted by atomic mass is 16.5. The van der Waals surface area contributed by atoms with Gasteiger partial charge in [0.05, 0.1) is 19.6 Å². The molecule has 3 rings (SSSR count). The third kappa shape index (κ3) is 3.52. The maximum atomic E-state index is 12.6. The summed E-state index contributed by atoms with van der Waals surface area (Å²) in [4.78, 5) is 30.2. The number of rotatable bonds is 4. The summed E-state index contributed by atoms with van der Waals surface area (Å²) < 4.78 is 5.15. The normalized spacial score (nSPS) is 15.4. The number of nitrogens with zero attached hydrogens (tertiary/aromatic N) is 2. The number of ether oxygens (including phenoxy) is 1. The van der Waals surface area contributed by atoms with E-state index in [1.807, 2.05) is 30.3 Å². The van der Waals surface area contributed by atoms with Gasteiger partial charge < -0.3 is 15.0 Å². The molecule has 6 heteroatoms. The van der Waals surface area contributed by atoms with Gasteiger partial charge in [-0.1, -0.05) is 24.3 Å². The molecule has 2 amide bonds. The zero-order valence-corrected chi connectivity index (χ0v) is 14.1. The number of nitrogens with one attached hydrogen (secondary N) is 1. The molecule has 0 saturated carbocycles. The summed E-state index contributed by atoms with van der Waals surface area (Å²) in [5, 5.41) is 2.81. The van der Waals surface area contributed by atoms with Crippen molar-refractivity contribution in [3.8, 4) is 5.88 Å². The molecule has 1 aliphatic rings. The molecule has 0 bridgehead atoms. The number of carbonyl (C=O) groups excluding carboxylic acids is 2. The Morgan fingerprint density at radius 1 is 1.24 bits per heavy atom. The number of pyridine rings is 1. The Labute approximate surface area is 146 Å². The van der Waals surface area contributed by atoms with Crippen LogP contribution in [0.1, 0.15) is 30.5 Å². The van der Waals surface area contributed by atoms with Crippen LogP contribution in [0.4, 0.5) is 5.69 Å². The van der Waals surface area contributed by atoms with Gasteiger partial charge in [0.15, 0.2) is 0 Å². The monoisotopic (exact) mass is 337 g/mol. The third-order valence-electron chi connectivity index (χ3n) is 4.09. The van der Waals surface area contributed by atoms with Gasteiger partial charge in [0.1, 0.15) is 5.69 Å². The van der Waals surface area contributed by atoms with E-state index in [0.29, 0.717) is 11.6 Å². The number of benzene rings is 1. The van der Waals surface area contributed by atoms with E-state index in [1.165, 1.54) is 14.0 Å². The Kier molecular flexibility index (Phi) is 4.79. The number of carbonyl (C=O) groups is 2. The molecule has 2 heterocycles. The van der Waals surface area contributed by atoms with Gasteiger partial charge in [-0.2, -0.15) is 0 Å². The molecule has 25 heavy (non-hydrogen) atoms. The van der Waals surface area contributed by atoms with E-state index in [0.717, 1.165) is 11.1 Å². The zero-order chi connectivity index (χ0) is 17.8. The third-order valence-corrected chi connectivity index (χ3v) is 4.09. The number of fused-ring (bicyclic) bond motifs is 1. The minimum absolute atomic E-state index is 0.109. The minimum atomic E-state index is -0.346. The van der Waals surface area contributed by atoms with Gasteiger partial charge in [-0.25, -0.2) is 4.98 Å². The van der Waals surface area contributed by atoms with Crippen LogP contribution in [-0.2, 0) is 9.59 Å². The molecular formula is C19H19N3O3. The van der Waals surface area contributed by atoms with Crippen molar-refractivity contribution in [3.05, 3.63) is 59.9 Å². The fourth-order valence-electron chi connectivity index (χ4n) is 2.94. The van der Waals surface area contributed by atoms with E-state index in [4.69, 9.17) is 4.74 Å². The molecule has 0 spiro atoms. The molecule has 1 unspecified atom stereocenters. The summed E-state index contributed by atoms with van der Waals surface area (Å²) in [6.07, 6.45) is 5.34.